The van der Waals surface area contributed by atoms with Crippen molar-refractivity contribution in [2.24, 2.45) is 0 Å². The normalized spacial score (nSPS) is 14.3. The number of nitrogens with zero attached hydrogens (tertiary/aromatic N) is 2. The quantitative estimate of drug-likeness (QED) is 0.622. The smallest absolute Gasteiger partial charge is 0.311 e. The highest BCUT2D eigenvalue weighted by atomic mass is 35.5. The van der Waals surface area contributed by atoms with Crippen molar-refractivity contribution in [1.29, 1.82) is 0 Å². The molecule has 0 radical (unpaired) electrons. The van der Waals surface area contributed by atoms with Crippen LogP contribution < -0.4 is 15.2 Å². The van der Waals surface area contributed by atoms with Gasteiger partial charge in [-0.3, -0.25) is 14.6 Å². The van der Waals surface area contributed by atoms with E-state index in [4.69, 9.17) is 21.1 Å². The highest BCUT2D eigenvalue weighted by molar-refractivity contribution is 6.32. The second-order valence-electron chi connectivity index (χ2n) is 6.46. The van der Waals surface area contributed by atoms with Crippen LogP contribution in [0.3, 0.4) is 0 Å². The number of anilines is 1. The SMILES string of the molecule is Cc1ccc(Cl)c(OC(=O)CCc2c(C)nc(N3CCOCC3)[nH]c2=O)c1. The fourth-order valence-corrected chi connectivity index (χ4v) is 3.06. The zero-order chi connectivity index (χ0) is 19.4. The van der Waals surface area contributed by atoms with E-state index in [1.54, 1.807) is 19.1 Å². The van der Waals surface area contributed by atoms with Crippen molar-refractivity contribution in [1.82, 2.24) is 9.97 Å². The van der Waals surface area contributed by atoms with E-state index >= 15 is 0 Å². The number of halogens is 1. The Labute approximate surface area is 162 Å². The number of benzene rings is 1. The molecule has 1 fully saturated rings. The molecule has 0 saturated carbocycles. The number of hydrogen-bond acceptors (Lipinski definition) is 6. The monoisotopic (exact) mass is 391 g/mol. The minimum absolute atomic E-state index is 0.0623. The highest BCUT2D eigenvalue weighted by Gasteiger charge is 2.17. The van der Waals surface area contributed by atoms with Crippen LogP contribution in [0.5, 0.6) is 5.75 Å². The molecule has 1 N–H and O–H groups in total. The Morgan fingerprint density at radius 3 is 2.78 bits per heavy atom. The number of rotatable bonds is 5. The van der Waals surface area contributed by atoms with Gasteiger partial charge in [0, 0.05) is 24.3 Å². The number of aromatic nitrogens is 2. The number of esters is 1. The van der Waals surface area contributed by atoms with Crippen molar-refractivity contribution in [3.63, 3.8) is 0 Å². The van der Waals surface area contributed by atoms with Gasteiger partial charge in [-0.2, -0.15) is 0 Å². The van der Waals surface area contributed by atoms with Crippen LogP contribution in [0.4, 0.5) is 5.95 Å². The molecule has 144 valence electrons. The third-order valence-electron chi connectivity index (χ3n) is 4.41. The molecule has 0 spiro atoms. The lowest BCUT2D eigenvalue weighted by Gasteiger charge is -2.27. The molecule has 8 heteroatoms. The Morgan fingerprint density at radius 2 is 2.07 bits per heavy atom. The van der Waals surface area contributed by atoms with Crippen LogP contribution in [0.2, 0.25) is 5.02 Å². The minimum Gasteiger partial charge on any atom is -0.425 e. The summed E-state index contributed by atoms with van der Waals surface area (Å²) in [5, 5.41) is 0.375. The number of morpholine rings is 1. The number of carbonyl (C=O) groups excluding carboxylic acids is 1. The first-order valence-electron chi connectivity index (χ1n) is 8.83. The number of ether oxygens (including phenoxy) is 2. The Bertz CT molecular complexity index is 891. The van der Waals surface area contributed by atoms with Crippen molar-refractivity contribution in [2.45, 2.75) is 26.7 Å². The van der Waals surface area contributed by atoms with Gasteiger partial charge in [-0.05, 0) is 38.0 Å². The van der Waals surface area contributed by atoms with Crippen molar-refractivity contribution >= 4 is 23.5 Å². The van der Waals surface area contributed by atoms with Gasteiger partial charge in [-0.25, -0.2) is 4.98 Å². The van der Waals surface area contributed by atoms with Gasteiger partial charge in [0.1, 0.15) is 5.75 Å². The maximum atomic E-state index is 12.4. The number of aryl methyl sites for hydroxylation is 2. The Balaban J connectivity index is 1.66. The average Bonchev–Trinajstić information content (AvgIpc) is 2.64. The van der Waals surface area contributed by atoms with E-state index in [0.29, 0.717) is 54.3 Å². The van der Waals surface area contributed by atoms with Gasteiger partial charge in [0.15, 0.2) is 0 Å². The van der Waals surface area contributed by atoms with Gasteiger partial charge in [0.25, 0.3) is 5.56 Å². The van der Waals surface area contributed by atoms with E-state index in [0.717, 1.165) is 5.56 Å². The third-order valence-corrected chi connectivity index (χ3v) is 4.72. The fraction of sp³-hybridized carbons (Fsp3) is 0.421. The van der Waals surface area contributed by atoms with Crippen molar-refractivity contribution in [2.75, 3.05) is 31.2 Å². The first kappa shape index (κ1) is 19.4. The molecule has 2 heterocycles. The maximum absolute atomic E-state index is 12.4. The van der Waals surface area contributed by atoms with Crippen LogP contribution in [-0.2, 0) is 16.0 Å². The number of H-pyrrole nitrogens is 1. The van der Waals surface area contributed by atoms with Crippen LogP contribution in [0.15, 0.2) is 23.0 Å². The molecule has 1 aromatic carbocycles. The van der Waals surface area contributed by atoms with E-state index < -0.39 is 5.97 Å². The van der Waals surface area contributed by atoms with Gasteiger partial charge < -0.3 is 14.4 Å². The Morgan fingerprint density at radius 1 is 1.33 bits per heavy atom. The zero-order valence-corrected chi connectivity index (χ0v) is 16.1. The molecule has 2 aromatic rings. The van der Waals surface area contributed by atoms with Gasteiger partial charge >= 0.3 is 5.97 Å². The van der Waals surface area contributed by atoms with Crippen molar-refractivity contribution in [3.8, 4) is 5.75 Å². The molecular weight excluding hydrogens is 370 g/mol. The summed E-state index contributed by atoms with van der Waals surface area (Å²) in [7, 11) is 0. The average molecular weight is 392 g/mol. The van der Waals surface area contributed by atoms with Crippen LogP contribution in [-0.4, -0.2) is 42.2 Å². The maximum Gasteiger partial charge on any atom is 0.311 e. The second kappa shape index (κ2) is 8.54. The van der Waals surface area contributed by atoms with E-state index in [1.165, 1.54) is 0 Å². The summed E-state index contributed by atoms with van der Waals surface area (Å²) in [6.45, 7) is 6.25. The third kappa shape index (κ3) is 4.87. The second-order valence-corrected chi connectivity index (χ2v) is 6.87. The Hall–Kier alpha value is -2.38. The molecule has 27 heavy (non-hydrogen) atoms. The van der Waals surface area contributed by atoms with Gasteiger partial charge in [-0.1, -0.05) is 17.7 Å². The number of carbonyl (C=O) groups is 1. The van der Waals surface area contributed by atoms with Crippen molar-refractivity contribution < 1.29 is 14.3 Å². The number of nitrogens with one attached hydrogen (secondary N) is 1. The summed E-state index contributed by atoms with van der Waals surface area (Å²) in [5.41, 5.74) is 1.81. The van der Waals surface area contributed by atoms with Gasteiger partial charge in [0.05, 0.1) is 24.7 Å². The predicted octanol–water partition coefficient (Wildman–Crippen LogP) is 2.41. The first-order chi connectivity index (χ1) is 12.9. The molecule has 0 amide bonds. The molecule has 0 aliphatic carbocycles. The molecule has 1 saturated heterocycles. The lowest BCUT2D eigenvalue weighted by molar-refractivity contribution is -0.134. The summed E-state index contributed by atoms with van der Waals surface area (Å²) in [5.74, 6) is 0.422. The molecule has 0 unspecified atom stereocenters. The Kier molecular flexibility index (Phi) is 6.13. The topological polar surface area (TPSA) is 84.5 Å². The van der Waals surface area contributed by atoms with Crippen LogP contribution in [0.25, 0.3) is 0 Å². The first-order valence-corrected chi connectivity index (χ1v) is 9.21. The molecule has 1 aliphatic rings. The van der Waals surface area contributed by atoms with E-state index in [1.807, 2.05) is 17.9 Å². The molecular formula is C19H22ClN3O4. The highest BCUT2D eigenvalue weighted by Crippen LogP contribution is 2.25. The van der Waals surface area contributed by atoms with E-state index in [2.05, 4.69) is 9.97 Å². The lowest BCUT2D eigenvalue weighted by Crippen LogP contribution is -2.38. The summed E-state index contributed by atoms with van der Waals surface area (Å²) < 4.78 is 10.6. The van der Waals surface area contributed by atoms with Crippen LogP contribution in [0.1, 0.15) is 23.2 Å². The molecule has 3 rings (SSSR count). The van der Waals surface area contributed by atoms with E-state index in [-0.39, 0.29) is 18.4 Å². The molecule has 1 aliphatic heterocycles. The minimum atomic E-state index is -0.446. The summed E-state index contributed by atoms with van der Waals surface area (Å²) in [6.07, 6.45) is 0.312. The summed E-state index contributed by atoms with van der Waals surface area (Å²) in [4.78, 5) is 33.9. The van der Waals surface area contributed by atoms with Gasteiger partial charge in [0.2, 0.25) is 5.95 Å². The standard InChI is InChI=1S/C19H22ClN3O4/c1-12-3-5-15(20)16(11-12)27-17(24)6-4-14-13(2)21-19(22-18(14)25)23-7-9-26-10-8-23/h3,5,11H,4,6-10H2,1-2H3,(H,21,22,25). The largest absolute Gasteiger partial charge is 0.425 e. The van der Waals surface area contributed by atoms with Gasteiger partial charge in [-0.15, -0.1) is 0 Å². The predicted molar refractivity (Wildman–Crippen MR) is 103 cm³/mol. The summed E-state index contributed by atoms with van der Waals surface area (Å²) >= 11 is 6.04. The molecule has 7 nitrogen and oxygen atoms in total. The van der Waals surface area contributed by atoms with Crippen LogP contribution >= 0.6 is 11.6 Å². The lowest BCUT2D eigenvalue weighted by atomic mass is 10.1. The van der Waals surface area contributed by atoms with Crippen LogP contribution in [0, 0.1) is 13.8 Å². The molecule has 0 bridgehead atoms. The summed E-state index contributed by atoms with van der Waals surface area (Å²) in [6, 6.07) is 5.23. The van der Waals surface area contributed by atoms with Crippen molar-refractivity contribution in [3.05, 3.63) is 50.4 Å². The number of aromatic amines is 1. The zero-order valence-electron chi connectivity index (χ0n) is 15.4. The fourth-order valence-electron chi connectivity index (χ4n) is 2.90. The van der Waals surface area contributed by atoms with E-state index in [9.17, 15) is 9.59 Å². The number of hydrogen-bond donors (Lipinski definition) is 1. The molecule has 1 aromatic heterocycles. The molecule has 0 atom stereocenters.